The summed E-state index contributed by atoms with van der Waals surface area (Å²) in [4.78, 5) is 0.676. The van der Waals surface area contributed by atoms with Gasteiger partial charge in [-0.1, -0.05) is 35.7 Å². The molecule has 1 N–H and O–H groups in total. The van der Waals surface area contributed by atoms with Crippen molar-refractivity contribution in [2.45, 2.75) is 37.1 Å². The molecule has 0 saturated carbocycles. The Labute approximate surface area is 160 Å². The van der Waals surface area contributed by atoms with Gasteiger partial charge in [-0.05, 0) is 25.0 Å². The maximum atomic E-state index is 10.5. The van der Waals surface area contributed by atoms with Crippen LogP contribution in [-0.4, -0.2) is 25.6 Å². The minimum Gasteiger partial charge on any atom is -0.510 e. The Balaban J connectivity index is 1.87. The van der Waals surface area contributed by atoms with Gasteiger partial charge in [0.1, 0.15) is 23.2 Å². The van der Waals surface area contributed by atoms with Gasteiger partial charge in [0, 0.05) is 17.9 Å². The molecule has 0 unspecified atom stereocenters. The van der Waals surface area contributed by atoms with E-state index in [0.29, 0.717) is 20.8 Å². The van der Waals surface area contributed by atoms with Crippen molar-refractivity contribution in [1.29, 1.82) is 5.26 Å². The van der Waals surface area contributed by atoms with E-state index in [4.69, 9.17) is 23.2 Å². The van der Waals surface area contributed by atoms with Crippen molar-refractivity contribution in [2.24, 2.45) is 0 Å². The molecule has 2 heterocycles. The number of nitriles is 1. The summed E-state index contributed by atoms with van der Waals surface area (Å²) < 4.78 is 1.94. The first kappa shape index (κ1) is 18.1. The van der Waals surface area contributed by atoms with E-state index in [-0.39, 0.29) is 17.1 Å². The number of halogens is 2. The van der Waals surface area contributed by atoms with Gasteiger partial charge in [0.15, 0.2) is 5.82 Å². The second-order valence-corrected chi connectivity index (χ2v) is 7.48. The Morgan fingerprint density at radius 1 is 1.24 bits per heavy atom. The Kier molecular flexibility index (Phi) is 5.89. The number of aromatic nitrogens is 3. The lowest BCUT2D eigenvalue weighted by atomic mass is 10.2. The lowest BCUT2D eigenvalue weighted by Gasteiger charge is -2.09. The fourth-order valence-electron chi connectivity index (χ4n) is 2.75. The summed E-state index contributed by atoms with van der Waals surface area (Å²) in [7, 11) is 0. The van der Waals surface area contributed by atoms with Crippen molar-refractivity contribution in [2.75, 3.05) is 5.75 Å². The Bertz CT molecular complexity index is 837. The molecule has 1 aliphatic rings. The molecule has 0 fully saturated rings. The van der Waals surface area contributed by atoms with E-state index >= 15 is 0 Å². The van der Waals surface area contributed by atoms with Crippen LogP contribution in [0, 0.1) is 11.3 Å². The Morgan fingerprint density at radius 3 is 2.72 bits per heavy atom. The van der Waals surface area contributed by atoms with Crippen molar-refractivity contribution in [1.82, 2.24) is 14.8 Å². The number of allylic oxidation sites excluding steroid dienone is 1. The molecule has 8 heteroatoms. The van der Waals surface area contributed by atoms with Crippen LogP contribution in [0.5, 0.6) is 0 Å². The minimum atomic E-state index is -0.0528. The zero-order valence-electron chi connectivity index (χ0n) is 13.4. The number of aryl methyl sites for hydroxylation is 1. The number of hydrogen-bond donors (Lipinski definition) is 1. The molecule has 1 aromatic carbocycles. The normalized spacial score (nSPS) is 15.1. The number of benzene rings is 1. The summed E-state index contributed by atoms with van der Waals surface area (Å²) in [6, 6.07) is 7.30. The molecule has 1 aromatic heterocycles. The predicted octanol–water partition coefficient (Wildman–Crippen LogP) is 4.90. The van der Waals surface area contributed by atoms with Gasteiger partial charge in [0.25, 0.3) is 0 Å². The van der Waals surface area contributed by atoms with E-state index in [2.05, 4.69) is 16.3 Å². The maximum Gasteiger partial charge on any atom is 0.178 e. The van der Waals surface area contributed by atoms with E-state index in [9.17, 15) is 10.4 Å². The molecule has 0 atom stereocenters. The number of fused-ring (bicyclic) bond motifs is 1. The van der Waals surface area contributed by atoms with E-state index in [1.165, 1.54) is 11.8 Å². The van der Waals surface area contributed by atoms with Gasteiger partial charge in [0.2, 0.25) is 0 Å². The third-order valence-electron chi connectivity index (χ3n) is 4.01. The largest absolute Gasteiger partial charge is 0.510 e. The standard InChI is InChI=1S/C17H16Cl2N4OS/c18-12-5-4-6-13(19)16(12)25-10-14(24)11(9-20)17-22-21-15-7-2-1-3-8-23(15)17/h4-6,24H,1-3,7-8,10H2/b14-11-. The Hall–Kier alpha value is -1.68. The molecular weight excluding hydrogens is 379 g/mol. The average Bonchev–Trinajstić information content (AvgIpc) is 2.83. The number of hydrogen-bond acceptors (Lipinski definition) is 5. The second-order valence-electron chi connectivity index (χ2n) is 5.68. The third kappa shape index (κ3) is 3.95. The lowest BCUT2D eigenvalue weighted by Crippen LogP contribution is -2.07. The first-order valence-corrected chi connectivity index (χ1v) is 9.67. The van der Waals surface area contributed by atoms with Crippen LogP contribution in [0.1, 0.15) is 30.9 Å². The molecule has 0 radical (unpaired) electrons. The van der Waals surface area contributed by atoms with Crippen molar-refractivity contribution in [3.8, 4) is 6.07 Å². The second kappa shape index (κ2) is 8.13. The fraction of sp³-hybridized carbons (Fsp3) is 0.353. The summed E-state index contributed by atoms with van der Waals surface area (Å²) in [5, 5.41) is 29.3. The topological polar surface area (TPSA) is 74.7 Å². The first-order valence-electron chi connectivity index (χ1n) is 7.93. The highest BCUT2D eigenvalue weighted by molar-refractivity contribution is 7.99. The van der Waals surface area contributed by atoms with Crippen LogP contribution >= 0.6 is 35.0 Å². The smallest absolute Gasteiger partial charge is 0.178 e. The quantitative estimate of drug-likeness (QED) is 0.453. The van der Waals surface area contributed by atoms with Crippen LogP contribution in [-0.2, 0) is 13.0 Å². The molecular formula is C17H16Cl2N4OS. The molecule has 3 rings (SSSR count). The average molecular weight is 395 g/mol. The highest BCUT2D eigenvalue weighted by Gasteiger charge is 2.21. The van der Waals surface area contributed by atoms with Gasteiger partial charge in [-0.15, -0.1) is 22.0 Å². The molecule has 0 spiro atoms. The molecule has 0 bridgehead atoms. The summed E-state index contributed by atoms with van der Waals surface area (Å²) in [6.45, 7) is 0.764. The zero-order valence-corrected chi connectivity index (χ0v) is 15.7. The molecule has 1 aliphatic heterocycles. The van der Waals surface area contributed by atoms with E-state index in [0.717, 1.165) is 38.1 Å². The zero-order chi connectivity index (χ0) is 17.8. The predicted molar refractivity (Wildman–Crippen MR) is 99.9 cm³/mol. The van der Waals surface area contributed by atoms with Gasteiger partial charge in [-0.3, -0.25) is 0 Å². The number of aliphatic hydroxyl groups is 1. The van der Waals surface area contributed by atoms with Gasteiger partial charge >= 0.3 is 0 Å². The first-order chi connectivity index (χ1) is 12.1. The molecule has 5 nitrogen and oxygen atoms in total. The van der Waals surface area contributed by atoms with Crippen LogP contribution in [0.25, 0.3) is 5.57 Å². The SMILES string of the molecule is N#C/C(=C(/O)CSc1c(Cl)cccc1Cl)c1nnc2n1CCCCC2. The van der Waals surface area contributed by atoms with Crippen LogP contribution in [0.2, 0.25) is 10.0 Å². The fourth-order valence-corrected chi connectivity index (χ4v) is 4.31. The third-order valence-corrected chi connectivity index (χ3v) is 6.01. The molecule has 25 heavy (non-hydrogen) atoms. The van der Waals surface area contributed by atoms with Gasteiger partial charge in [-0.25, -0.2) is 0 Å². The summed E-state index contributed by atoms with van der Waals surface area (Å²) in [6.07, 6.45) is 4.05. The van der Waals surface area contributed by atoms with Crippen LogP contribution < -0.4 is 0 Å². The summed E-state index contributed by atoms with van der Waals surface area (Å²) in [5.41, 5.74) is 0.149. The van der Waals surface area contributed by atoms with Crippen LogP contribution in [0.4, 0.5) is 0 Å². The van der Waals surface area contributed by atoms with Crippen molar-refractivity contribution in [3.05, 3.63) is 45.7 Å². The van der Waals surface area contributed by atoms with Crippen molar-refractivity contribution in [3.63, 3.8) is 0 Å². The highest BCUT2D eigenvalue weighted by atomic mass is 35.5. The number of thioether (sulfide) groups is 1. The molecule has 0 amide bonds. The van der Waals surface area contributed by atoms with Gasteiger partial charge in [-0.2, -0.15) is 5.26 Å². The summed E-state index contributed by atoms with van der Waals surface area (Å²) >= 11 is 13.6. The maximum absolute atomic E-state index is 10.5. The van der Waals surface area contributed by atoms with Gasteiger partial charge < -0.3 is 9.67 Å². The lowest BCUT2D eigenvalue weighted by molar-refractivity contribution is 0.420. The highest BCUT2D eigenvalue weighted by Crippen LogP contribution is 2.35. The molecule has 0 aliphatic carbocycles. The number of aliphatic hydroxyl groups excluding tert-OH is 1. The number of rotatable bonds is 4. The Morgan fingerprint density at radius 2 is 2.00 bits per heavy atom. The van der Waals surface area contributed by atoms with Crippen molar-refractivity contribution >= 4 is 40.5 Å². The van der Waals surface area contributed by atoms with Gasteiger partial charge in [0.05, 0.1) is 15.8 Å². The molecule has 2 aromatic rings. The molecule has 0 saturated heterocycles. The summed E-state index contributed by atoms with van der Waals surface area (Å²) in [5.74, 6) is 1.43. The monoisotopic (exact) mass is 394 g/mol. The molecule has 130 valence electrons. The van der Waals surface area contributed by atoms with Crippen LogP contribution in [0.3, 0.4) is 0 Å². The van der Waals surface area contributed by atoms with Crippen molar-refractivity contribution < 1.29 is 5.11 Å². The van der Waals surface area contributed by atoms with E-state index in [1.807, 2.05) is 4.57 Å². The van der Waals surface area contributed by atoms with E-state index in [1.54, 1.807) is 18.2 Å². The minimum absolute atomic E-state index is 0.0528. The van der Waals surface area contributed by atoms with Crippen LogP contribution in [0.15, 0.2) is 28.9 Å². The van der Waals surface area contributed by atoms with E-state index < -0.39 is 0 Å². The number of nitrogens with zero attached hydrogens (tertiary/aromatic N) is 4.